The normalized spacial score (nSPS) is 15.9. The molecular weight excluding hydrogens is 367 g/mol. The molecule has 1 aliphatic rings. The van der Waals surface area contributed by atoms with E-state index in [1.807, 2.05) is 13.8 Å². The molecule has 0 saturated heterocycles. The summed E-state index contributed by atoms with van der Waals surface area (Å²) >= 11 is 1.01. The number of nitrogens with one attached hydrogen (secondary N) is 1. The van der Waals surface area contributed by atoms with Crippen LogP contribution in [0.15, 0.2) is 16.9 Å². The maximum Gasteiger partial charge on any atom is 0.291 e. The predicted molar refractivity (Wildman–Crippen MR) is 104 cm³/mol. The van der Waals surface area contributed by atoms with E-state index in [2.05, 4.69) is 10.4 Å². The number of carbonyl (C=O) groups excluding carboxylic acids is 1. The van der Waals surface area contributed by atoms with Crippen molar-refractivity contribution in [2.24, 2.45) is 0 Å². The molecule has 1 N–H and O–H groups in total. The highest BCUT2D eigenvalue weighted by Crippen LogP contribution is 2.29. The monoisotopic (exact) mass is 390 g/mol. The molecule has 3 aromatic rings. The number of hydrogen-bond donors (Lipinski definition) is 1. The topological polar surface area (TPSA) is 68.4 Å². The number of halogens is 1. The van der Waals surface area contributed by atoms with Gasteiger partial charge in [-0.05, 0) is 18.9 Å². The Morgan fingerprint density at radius 2 is 2.04 bits per heavy atom. The highest BCUT2D eigenvalue weighted by Gasteiger charge is 2.21. The van der Waals surface area contributed by atoms with Crippen molar-refractivity contribution in [2.75, 3.05) is 0 Å². The van der Waals surface area contributed by atoms with Gasteiger partial charge in [0.15, 0.2) is 5.13 Å². The third kappa shape index (κ3) is 3.38. The van der Waals surface area contributed by atoms with Gasteiger partial charge in [0, 0.05) is 18.0 Å². The molecule has 0 aromatic carbocycles. The molecule has 1 aliphatic carbocycles. The van der Waals surface area contributed by atoms with E-state index in [-0.39, 0.29) is 35.1 Å². The maximum atomic E-state index is 13.6. The fraction of sp³-hybridized carbons (Fsp3) is 0.526. The van der Waals surface area contributed by atoms with Gasteiger partial charge < -0.3 is 5.32 Å². The van der Waals surface area contributed by atoms with Crippen molar-refractivity contribution in [1.29, 1.82) is 0 Å². The van der Waals surface area contributed by atoms with E-state index in [4.69, 9.17) is 0 Å². The molecule has 4 rings (SSSR count). The number of thiophene rings is 1. The molecule has 3 aromatic heterocycles. The average molecular weight is 390 g/mol. The summed E-state index contributed by atoms with van der Waals surface area (Å²) < 4.78 is 17.3. The summed E-state index contributed by atoms with van der Waals surface area (Å²) in [6.45, 7) is 3.83. The van der Waals surface area contributed by atoms with E-state index >= 15 is 0 Å². The second-order valence-electron chi connectivity index (χ2n) is 7.54. The molecular formula is C19H23FN4O2S. The fourth-order valence-electron chi connectivity index (χ4n) is 3.85. The predicted octanol–water partition coefficient (Wildman–Crippen LogP) is 3.42. The summed E-state index contributed by atoms with van der Waals surface area (Å²) in [7, 11) is 0. The van der Waals surface area contributed by atoms with Gasteiger partial charge in [0.1, 0.15) is 17.9 Å². The Labute approximate surface area is 160 Å². The van der Waals surface area contributed by atoms with E-state index in [1.54, 1.807) is 10.5 Å². The van der Waals surface area contributed by atoms with Gasteiger partial charge in [-0.1, -0.05) is 33.1 Å². The third-order valence-electron chi connectivity index (χ3n) is 5.15. The molecule has 1 saturated carbocycles. The molecule has 0 aliphatic heterocycles. The summed E-state index contributed by atoms with van der Waals surface area (Å²) in [5.41, 5.74) is 0.752. The van der Waals surface area contributed by atoms with Crippen LogP contribution >= 0.6 is 11.3 Å². The highest BCUT2D eigenvalue weighted by molar-refractivity contribution is 7.17. The summed E-state index contributed by atoms with van der Waals surface area (Å²) in [6.07, 6.45) is 5.46. The Hall–Kier alpha value is -2.22. The Balaban J connectivity index is 1.71. The van der Waals surface area contributed by atoms with Crippen LogP contribution in [0.5, 0.6) is 0 Å². The molecule has 0 atom stereocenters. The number of rotatable bonds is 4. The number of amides is 1. The van der Waals surface area contributed by atoms with Crippen LogP contribution in [0.25, 0.3) is 15.7 Å². The SMILES string of the molecule is CC(C)c1nn(CC(=O)NC2CCCCC2)c(=O)c2cc3sc(F)cc3n12. The molecule has 144 valence electrons. The number of aromatic nitrogens is 3. The first-order valence-electron chi connectivity index (χ1n) is 9.45. The molecule has 0 spiro atoms. The standard InChI is InChI=1S/C19H23FN4O2S/c1-11(2)18-22-23(10-17(25)21-12-6-4-3-5-7-12)19(26)14-8-15-13(24(14)18)9-16(20)27-15/h8-9,11-12H,3-7,10H2,1-2H3,(H,21,25). The number of hydrogen-bond acceptors (Lipinski definition) is 4. The lowest BCUT2D eigenvalue weighted by Crippen LogP contribution is -2.41. The molecule has 27 heavy (non-hydrogen) atoms. The minimum atomic E-state index is -0.331. The summed E-state index contributed by atoms with van der Waals surface area (Å²) in [5, 5.41) is 7.19. The lowest BCUT2D eigenvalue weighted by molar-refractivity contribution is -0.122. The van der Waals surface area contributed by atoms with Crippen molar-refractivity contribution in [3.8, 4) is 0 Å². The van der Waals surface area contributed by atoms with Gasteiger partial charge in [-0.3, -0.25) is 14.0 Å². The zero-order valence-corrected chi connectivity index (χ0v) is 16.3. The summed E-state index contributed by atoms with van der Waals surface area (Å²) in [6, 6.07) is 3.31. The van der Waals surface area contributed by atoms with Gasteiger partial charge in [-0.15, -0.1) is 11.3 Å². The maximum absolute atomic E-state index is 13.6. The second kappa shape index (κ2) is 7.07. The number of fused-ring (bicyclic) bond motifs is 3. The number of carbonyl (C=O) groups is 1. The van der Waals surface area contributed by atoms with Crippen molar-refractivity contribution in [3.63, 3.8) is 0 Å². The van der Waals surface area contributed by atoms with Gasteiger partial charge in [0.25, 0.3) is 5.56 Å². The van der Waals surface area contributed by atoms with Crippen LogP contribution in [0.4, 0.5) is 4.39 Å². The average Bonchev–Trinajstić information content (AvgIpc) is 3.14. The molecule has 1 fully saturated rings. The quantitative estimate of drug-likeness (QED) is 0.742. The lowest BCUT2D eigenvalue weighted by Gasteiger charge is -2.23. The first kappa shape index (κ1) is 18.2. The van der Waals surface area contributed by atoms with E-state index < -0.39 is 0 Å². The molecule has 1 amide bonds. The first-order valence-corrected chi connectivity index (χ1v) is 10.3. The fourth-order valence-corrected chi connectivity index (χ4v) is 4.66. The Kier molecular flexibility index (Phi) is 4.75. The van der Waals surface area contributed by atoms with Crippen molar-refractivity contribution >= 4 is 33.0 Å². The van der Waals surface area contributed by atoms with Crippen LogP contribution < -0.4 is 10.9 Å². The van der Waals surface area contributed by atoms with Gasteiger partial charge in [0.05, 0.1) is 10.2 Å². The van der Waals surface area contributed by atoms with Gasteiger partial charge in [0.2, 0.25) is 5.91 Å². The Bertz CT molecular complexity index is 1060. The zero-order chi connectivity index (χ0) is 19.1. The van der Waals surface area contributed by atoms with Crippen molar-refractivity contribution in [3.05, 3.63) is 33.4 Å². The zero-order valence-electron chi connectivity index (χ0n) is 15.5. The minimum Gasteiger partial charge on any atom is -0.352 e. The molecule has 6 nitrogen and oxygen atoms in total. The van der Waals surface area contributed by atoms with Gasteiger partial charge >= 0.3 is 0 Å². The summed E-state index contributed by atoms with van der Waals surface area (Å²) in [5.74, 6) is 0.470. The van der Waals surface area contributed by atoms with Crippen LogP contribution in [0.1, 0.15) is 57.7 Å². The minimum absolute atomic E-state index is 0.0133. The van der Waals surface area contributed by atoms with Gasteiger partial charge in [-0.25, -0.2) is 4.68 Å². The van der Waals surface area contributed by atoms with Crippen LogP contribution in [0.3, 0.4) is 0 Å². The molecule has 8 heteroatoms. The smallest absolute Gasteiger partial charge is 0.291 e. The molecule has 0 unspecified atom stereocenters. The van der Waals surface area contributed by atoms with Gasteiger partial charge in [-0.2, -0.15) is 9.49 Å². The third-order valence-corrected chi connectivity index (χ3v) is 6.01. The highest BCUT2D eigenvalue weighted by atomic mass is 32.1. The van der Waals surface area contributed by atoms with E-state index in [1.165, 1.54) is 17.2 Å². The van der Waals surface area contributed by atoms with Crippen LogP contribution in [-0.2, 0) is 11.3 Å². The molecule has 3 heterocycles. The van der Waals surface area contributed by atoms with Crippen molar-refractivity contribution in [2.45, 2.75) is 64.5 Å². The lowest BCUT2D eigenvalue weighted by atomic mass is 9.95. The van der Waals surface area contributed by atoms with Crippen LogP contribution in [0.2, 0.25) is 0 Å². The van der Waals surface area contributed by atoms with E-state index in [9.17, 15) is 14.0 Å². The molecule has 0 bridgehead atoms. The van der Waals surface area contributed by atoms with Crippen molar-refractivity contribution < 1.29 is 9.18 Å². The van der Waals surface area contributed by atoms with Crippen molar-refractivity contribution in [1.82, 2.24) is 19.5 Å². The Morgan fingerprint density at radius 1 is 1.30 bits per heavy atom. The van der Waals surface area contributed by atoms with E-state index in [0.29, 0.717) is 21.6 Å². The summed E-state index contributed by atoms with van der Waals surface area (Å²) in [4.78, 5) is 25.3. The van der Waals surface area contributed by atoms with Crippen LogP contribution in [0, 0.1) is 5.13 Å². The van der Waals surface area contributed by atoms with E-state index in [0.717, 1.165) is 37.0 Å². The first-order chi connectivity index (χ1) is 12.9. The van der Waals surface area contributed by atoms with Crippen LogP contribution in [-0.4, -0.2) is 26.1 Å². The second-order valence-corrected chi connectivity index (χ2v) is 8.58. The Morgan fingerprint density at radius 3 is 2.74 bits per heavy atom. The molecule has 0 radical (unpaired) electrons. The number of nitrogens with zero attached hydrogens (tertiary/aromatic N) is 3. The largest absolute Gasteiger partial charge is 0.352 e.